The second-order valence-corrected chi connectivity index (χ2v) is 3.58. The molecular formula is C11H8FN3O4. The van der Waals surface area contributed by atoms with Crippen molar-refractivity contribution in [3.63, 3.8) is 0 Å². The molecule has 0 spiro atoms. The summed E-state index contributed by atoms with van der Waals surface area (Å²) >= 11 is 0. The lowest BCUT2D eigenvalue weighted by Crippen LogP contribution is -2.17. The van der Waals surface area contributed by atoms with Gasteiger partial charge in [-0.05, 0) is 12.1 Å². The highest BCUT2D eigenvalue weighted by Gasteiger charge is 2.18. The van der Waals surface area contributed by atoms with Crippen molar-refractivity contribution in [3.05, 3.63) is 52.0 Å². The quantitative estimate of drug-likeness (QED) is 0.656. The van der Waals surface area contributed by atoms with Gasteiger partial charge in [0.15, 0.2) is 0 Å². The number of H-pyrrole nitrogens is 2. The molecule has 7 nitrogen and oxygen atoms in total. The highest BCUT2D eigenvalue weighted by atomic mass is 19.1. The van der Waals surface area contributed by atoms with Crippen LogP contribution in [0.25, 0.3) is 0 Å². The molecule has 19 heavy (non-hydrogen) atoms. The Morgan fingerprint density at radius 2 is 2.05 bits per heavy atom. The van der Waals surface area contributed by atoms with E-state index < -0.39 is 29.1 Å². The van der Waals surface area contributed by atoms with Crippen molar-refractivity contribution < 1.29 is 19.1 Å². The van der Waals surface area contributed by atoms with Crippen molar-refractivity contribution in [1.29, 1.82) is 0 Å². The van der Waals surface area contributed by atoms with Gasteiger partial charge < -0.3 is 20.4 Å². The van der Waals surface area contributed by atoms with E-state index >= 15 is 0 Å². The molecule has 0 unspecified atom stereocenters. The Kier molecular flexibility index (Phi) is 3.15. The van der Waals surface area contributed by atoms with Gasteiger partial charge in [0.2, 0.25) is 0 Å². The van der Waals surface area contributed by atoms with Crippen LogP contribution in [0.1, 0.15) is 20.8 Å². The lowest BCUT2D eigenvalue weighted by atomic mass is 10.1. The molecule has 2 rings (SSSR count). The zero-order valence-electron chi connectivity index (χ0n) is 9.36. The van der Waals surface area contributed by atoms with Crippen LogP contribution < -0.4 is 11.0 Å². The fraction of sp³-hybridized carbons (Fsp3) is 0. The van der Waals surface area contributed by atoms with Crippen molar-refractivity contribution in [2.24, 2.45) is 0 Å². The summed E-state index contributed by atoms with van der Waals surface area (Å²) < 4.78 is 13.5. The predicted molar refractivity (Wildman–Crippen MR) is 62.7 cm³/mol. The molecule has 1 heterocycles. The van der Waals surface area contributed by atoms with E-state index in [0.29, 0.717) is 0 Å². The summed E-state index contributed by atoms with van der Waals surface area (Å²) in [5, 5.41) is 11.0. The van der Waals surface area contributed by atoms with E-state index in [0.717, 1.165) is 18.3 Å². The number of amides is 1. The first-order chi connectivity index (χ1) is 8.99. The van der Waals surface area contributed by atoms with E-state index in [2.05, 4.69) is 15.3 Å². The molecule has 0 radical (unpaired) electrons. The third-order valence-electron chi connectivity index (χ3n) is 2.32. The number of aromatic amines is 2. The van der Waals surface area contributed by atoms with Crippen molar-refractivity contribution >= 4 is 17.6 Å². The van der Waals surface area contributed by atoms with Crippen LogP contribution in [-0.2, 0) is 0 Å². The third kappa shape index (κ3) is 2.51. The van der Waals surface area contributed by atoms with Crippen LogP contribution in [0.5, 0.6) is 0 Å². The molecule has 2 aromatic rings. The summed E-state index contributed by atoms with van der Waals surface area (Å²) in [6.45, 7) is 0. The maximum atomic E-state index is 13.5. The number of para-hydroxylation sites is 1. The van der Waals surface area contributed by atoms with Crippen molar-refractivity contribution in [2.75, 3.05) is 5.32 Å². The molecule has 0 saturated carbocycles. The number of aromatic nitrogens is 2. The van der Waals surface area contributed by atoms with Gasteiger partial charge in [0.25, 0.3) is 5.91 Å². The van der Waals surface area contributed by atoms with Gasteiger partial charge in [0.1, 0.15) is 11.5 Å². The number of carboxylic acids is 1. The van der Waals surface area contributed by atoms with E-state index in [-0.39, 0.29) is 11.3 Å². The van der Waals surface area contributed by atoms with E-state index in [1.165, 1.54) is 6.07 Å². The van der Waals surface area contributed by atoms with Gasteiger partial charge in [-0.15, -0.1) is 0 Å². The van der Waals surface area contributed by atoms with E-state index in [1.54, 1.807) is 0 Å². The van der Waals surface area contributed by atoms with Gasteiger partial charge >= 0.3 is 11.7 Å². The molecule has 0 atom stereocenters. The summed E-state index contributed by atoms with van der Waals surface area (Å²) in [5.41, 5.74) is -1.57. The van der Waals surface area contributed by atoms with Crippen LogP contribution in [0.15, 0.2) is 29.2 Å². The third-order valence-corrected chi connectivity index (χ3v) is 2.32. The summed E-state index contributed by atoms with van der Waals surface area (Å²) in [7, 11) is 0. The fourth-order valence-corrected chi connectivity index (χ4v) is 1.46. The number of carboxylic acid groups (broad SMARTS) is 1. The maximum Gasteiger partial charge on any atom is 0.337 e. The van der Waals surface area contributed by atoms with Crippen molar-refractivity contribution in [3.8, 4) is 0 Å². The second kappa shape index (κ2) is 4.77. The monoisotopic (exact) mass is 265 g/mol. The standard InChI is InChI=1S/C11H8FN3O4/c12-6-3-1-2-5(10(17)18)8(6)15-9(16)7-4-13-11(19)14-7/h1-4H,(H,15,16)(H,17,18)(H2,13,14,19). The molecule has 0 saturated heterocycles. The highest BCUT2D eigenvalue weighted by Crippen LogP contribution is 2.20. The number of halogens is 1. The maximum absolute atomic E-state index is 13.5. The lowest BCUT2D eigenvalue weighted by molar-refractivity contribution is 0.0697. The Bertz CT molecular complexity index is 704. The molecule has 1 aromatic heterocycles. The largest absolute Gasteiger partial charge is 0.478 e. The molecule has 0 bridgehead atoms. The summed E-state index contributed by atoms with van der Waals surface area (Å²) in [4.78, 5) is 37.8. The molecule has 0 aliphatic carbocycles. The molecule has 1 amide bonds. The number of benzene rings is 1. The van der Waals surface area contributed by atoms with Crippen LogP contribution >= 0.6 is 0 Å². The average molecular weight is 265 g/mol. The van der Waals surface area contributed by atoms with E-state index in [1.807, 2.05) is 0 Å². The Balaban J connectivity index is 2.36. The minimum atomic E-state index is -1.38. The smallest absolute Gasteiger partial charge is 0.337 e. The summed E-state index contributed by atoms with van der Waals surface area (Å²) in [6.07, 6.45) is 1.10. The van der Waals surface area contributed by atoms with Crippen LogP contribution in [0.2, 0.25) is 0 Å². The van der Waals surface area contributed by atoms with Crippen molar-refractivity contribution in [2.45, 2.75) is 0 Å². The number of carbonyl (C=O) groups is 2. The number of imidazole rings is 1. The summed E-state index contributed by atoms with van der Waals surface area (Å²) in [5.74, 6) is -3.09. The zero-order chi connectivity index (χ0) is 14.0. The Hall–Kier alpha value is -2.90. The Morgan fingerprint density at radius 1 is 1.32 bits per heavy atom. The van der Waals surface area contributed by atoms with Gasteiger partial charge in [-0.1, -0.05) is 6.07 Å². The minimum Gasteiger partial charge on any atom is -0.478 e. The van der Waals surface area contributed by atoms with Gasteiger partial charge in [-0.3, -0.25) is 4.79 Å². The first-order valence-electron chi connectivity index (χ1n) is 5.10. The predicted octanol–water partition coefficient (Wildman–Crippen LogP) is 0.793. The average Bonchev–Trinajstić information content (AvgIpc) is 2.78. The molecule has 8 heteroatoms. The molecular weight excluding hydrogens is 257 g/mol. The summed E-state index contributed by atoms with van der Waals surface area (Å²) in [6, 6.07) is 3.38. The first-order valence-corrected chi connectivity index (χ1v) is 5.10. The van der Waals surface area contributed by atoms with Crippen LogP contribution in [0.3, 0.4) is 0 Å². The van der Waals surface area contributed by atoms with E-state index in [4.69, 9.17) is 5.11 Å². The van der Waals surface area contributed by atoms with Crippen LogP contribution in [0.4, 0.5) is 10.1 Å². The molecule has 0 fully saturated rings. The molecule has 0 aliphatic rings. The molecule has 4 N–H and O–H groups in total. The van der Waals surface area contributed by atoms with E-state index in [9.17, 15) is 18.8 Å². The number of anilines is 1. The second-order valence-electron chi connectivity index (χ2n) is 3.58. The molecule has 1 aromatic carbocycles. The number of hydrogen-bond acceptors (Lipinski definition) is 3. The van der Waals surface area contributed by atoms with Crippen LogP contribution in [0, 0.1) is 5.82 Å². The number of carbonyl (C=O) groups excluding carboxylic acids is 1. The minimum absolute atomic E-state index is 0.135. The van der Waals surface area contributed by atoms with Crippen LogP contribution in [-0.4, -0.2) is 27.0 Å². The van der Waals surface area contributed by atoms with Gasteiger partial charge in [0.05, 0.1) is 11.3 Å². The lowest BCUT2D eigenvalue weighted by Gasteiger charge is -2.08. The topological polar surface area (TPSA) is 115 Å². The number of hydrogen-bond donors (Lipinski definition) is 4. The Labute approximate surface area is 105 Å². The zero-order valence-corrected chi connectivity index (χ0v) is 9.36. The Morgan fingerprint density at radius 3 is 2.63 bits per heavy atom. The number of rotatable bonds is 3. The number of aromatic carboxylic acids is 1. The molecule has 98 valence electrons. The normalized spacial score (nSPS) is 10.2. The van der Waals surface area contributed by atoms with Gasteiger partial charge in [-0.2, -0.15) is 0 Å². The SMILES string of the molecule is O=C(Nc1c(F)cccc1C(=O)O)c1c[nH]c(=O)[nH]1. The fourth-order valence-electron chi connectivity index (χ4n) is 1.46. The first kappa shape index (κ1) is 12.6. The molecule has 0 aliphatic heterocycles. The van der Waals surface area contributed by atoms with Crippen molar-refractivity contribution in [1.82, 2.24) is 9.97 Å². The number of nitrogens with one attached hydrogen (secondary N) is 3. The highest BCUT2D eigenvalue weighted by molar-refractivity contribution is 6.06. The van der Waals surface area contributed by atoms with Gasteiger partial charge in [0, 0.05) is 6.20 Å². The van der Waals surface area contributed by atoms with Gasteiger partial charge in [-0.25, -0.2) is 14.0 Å².